The van der Waals surface area contributed by atoms with Crippen LogP contribution in [0.2, 0.25) is 0 Å². The summed E-state index contributed by atoms with van der Waals surface area (Å²) in [6, 6.07) is 2.48. The van der Waals surface area contributed by atoms with Crippen molar-refractivity contribution < 1.29 is 13.2 Å². The lowest BCUT2D eigenvalue weighted by Gasteiger charge is -2.36. The molecule has 32 heavy (non-hydrogen) atoms. The first-order valence-corrected chi connectivity index (χ1v) is 10.2. The smallest absolute Gasteiger partial charge is 0.353 e. The van der Waals surface area contributed by atoms with Crippen LogP contribution in [0.3, 0.4) is 0 Å². The van der Waals surface area contributed by atoms with Gasteiger partial charge in [0, 0.05) is 46.5 Å². The van der Waals surface area contributed by atoms with Gasteiger partial charge < -0.3 is 15.2 Å². The Morgan fingerprint density at radius 2 is 1.78 bits per heavy atom. The normalized spacial score (nSPS) is 15.2. The molecule has 0 spiro atoms. The van der Waals surface area contributed by atoms with E-state index in [1.54, 1.807) is 14.1 Å². The molecule has 1 saturated heterocycles. The first-order valence-electron chi connectivity index (χ1n) is 10.2. The number of halogens is 3. The van der Waals surface area contributed by atoms with Gasteiger partial charge in [0.15, 0.2) is 5.82 Å². The number of rotatable bonds is 5. The van der Waals surface area contributed by atoms with Crippen molar-refractivity contribution in [3.8, 4) is 0 Å². The predicted molar refractivity (Wildman–Crippen MR) is 117 cm³/mol. The third-order valence-corrected chi connectivity index (χ3v) is 5.55. The number of hydrazine groups is 1. The van der Waals surface area contributed by atoms with E-state index in [2.05, 4.69) is 30.6 Å². The van der Waals surface area contributed by atoms with Gasteiger partial charge in [-0.2, -0.15) is 23.4 Å². The maximum Gasteiger partial charge on any atom is 0.417 e. The molecular weight excluding hydrogens is 423 g/mol. The third-order valence-electron chi connectivity index (χ3n) is 5.55. The molecule has 0 bridgehead atoms. The van der Waals surface area contributed by atoms with Crippen molar-refractivity contribution in [2.45, 2.75) is 26.4 Å². The lowest BCUT2D eigenvalue weighted by molar-refractivity contribution is -0.137. The van der Waals surface area contributed by atoms with Gasteiger partial charge in [-0.05, 0) is 37.1 Å². The van der Waals surface area contributed by atoms with E-state index >= 15 is 0 Å². The van der Waals surface area contributed by atoms with Crippen molar-refractivity contribution in [1.29, 1.82) is 0 Å². The number of amidine groups is 1. The number of likely N-dealkylation sites (N-methyl/N-ethyl adjacent to an activating group) is 1. The molecule has 0 radical (unpaired) electrons. The summed E-state index contributed by atoms with van der Waals surface area (Å²) in [5.41, 5.74) is 4.84. The van der Waals surface area contributed by atoms with Gasteiger partial charge in [0.1, 0.15) is 11.7 Å². The number of alkyl halides is 3. The van der Waals surface area contributed by atoms with Gasteiger partial charge in [0.05, 0.1) is 17.7 Å². The fraction of sp³-hybridized carbons (Fsp3) is 0.500. The van der Waals surface area contributed by atoms with E-state index in [0.717, 1.165) is 34.9 Å². The Balaban J connectivity index is 1.69. The van der Waals surface area contributed by atoms with E-state index in [1.807, 2.05) is 18.7 Å². The second-order valence-electron chi connectivity index (χ2n) is 7.64. The van der Waals surface area contributed by atoms with Gasteiger partial charge in [0.2, 0.25) is 0 Å². The molecule has 0 atom stereocenters. The molecule has 9 nitrogen and oxygen atoms in total. The number of hydrogen-bond acceptors (Lipinski definition) is 8. The molecule has 0 aliphatic carbocycles. The molecule has 2 aromatic rings. The Hall–Kier alpha value is -3.15. The molecule has 1 aliphatic heterocycles. The first kappa shape index (κ1) is 23.5. The Labute approximate surface area is 185 Å². The van der Waals surface area contributed by atoms with E-state index in [4.69, 9.17) is 5.84 Å². The number of nitrogens with two attached hydrogens (primary N) is 1. The average Bonchev–Trinajstić information content (AvgIpc) is 2.76. The van der Waals surface area contributed by atoms with Crippen LogP contribution < -0.4 is 21.1 Å². The van der Waals surface area contributed by atoms with Crippen LogP contribution in [0.15, 0.2) is 23.4 Å². The minimum Gasteiger partial charge on any atom is -0.353 e. The van der Waals surface area contributed by atoms with Crippen molar-refractivity contribution in [3.05, 3.63) is 40.7 Å². The SMILES string of the molecule is CN/N=C(/Cc1nnc(N2CCN(c3ccc(C(F)(F)F)cn3)CC2)c(C)c1C)N(C)N. The number of piperazine rings is 1. The van der Waals surface area contributed by atoms with E-state index in [-0.39, 0.29) is 0 Å². The molecule has 1 fully saturated rings. The van der Waals surface area contributed by atoms with Crippen molar-refractivity contribution in [3.63, 3.8) is 0 Å². The van der Waals surface area contributed by atoms with E-state index in [0.29, 0.717) is 44.3 Å². The largest absolute Gasteiger partial charge is 0.417 e. The molecule has 0 unspecified atom stereocenters. The summed E-state index contributed by atoms with van der Waals surface area (Å²) in [7, 11) is 3.42. The van der Waals surface area contributed by atoms with Gasteiger partial charge in [-0.1, -0.05) is 0 Å². The van der Waals surface area contributed by atoms with Crippen molar-refractivity contribution in [2.75, 3.05) is 50.1 Å². The van der Waals surface area contributed by atoms with Crippen molar-refractivity contribution >= 4 is 17.5 Å². The minimum atomic E-state index is -4.39. The van der Waals surface area contributed by atoms with Crippen LogP contribution in [-0.4, -0.2) is 66.3 Å². The molecule has 0 aromatic carbocycles. The van der Waals surface area contributed by atoms with Gasteiger partial charge in [0.25, 0.3) is 0 Å². The summed E-state index contributed by atoms with van der Waals surface area (Å²) in [6.07, 6.45) is -3.06. The van der Waals surface area contributed by atoms with Crippen LogP contribution in [0.4, 0.5) is 24.8 Å². The minimum absolute atomic E-state index is 0.446. The zero-order valence-corrected chi connectivity index (χ0v) is 18.6. The monoisotopic (exact) mass is 451 g/mol. The number of anilines is 2. The van der Waals surface area contributed by atoms with Crippen LogP contribution >= 0.6 is 0 Å². The van der Waals surface area contributed by atoms with Crippen molar-refractivity contribution in [2.24, 2.45) is 10.9 Å². The average molecular weight is 452 g/mol. The van der Waals surface area contributed by atoms with Gasteiger partial charge in [-0.15, -0.1) is 5.10 Å². The topological polar surface area (TPSA) is 98.8 Å². The number of nitrogens with one attached hydrogen (secondary N) is 1. The molecular formula is C20H28F3N9. The standard InChI is InChI=1S/C20H28F3N9/c1-13-14(2)19(29-27-16(13)11-18(28-25-3)30(4)24)32-9-7-31(8-10-32)17-6-5-15(12-26-17)20(21,22)23/h5-6,12,25H,7-11,24H2,1-4H3/b28-18-. The fourth-order valence-corrected chi connectivity index (χ4v) is 3.52. The highest BCUT2D eigenvalue weighted by Crippen LogP contribution is 2.30. The zero-order valence-electron chi connectivity index (χ0n) is 18.6. The van der Waals surface area contributed by atoms with Gasteiger partial charge in [-0.25, -0.2) is 10.8 Å². The van der Waals surface area contributed by atoms with Crippen LogP contribution in [0.25, 0.3) is 0 Å². The Morgan fingerprint density at radius 1 is 1.12 bits per heavy atom. The van der Waals surface area contributed by atoms with E-state index < -0.39 is 11.7 Å². The highest BCUT2D eigenvalue weighted by atomic mass is 19.4. The number of pyridine rings is 1. The van der Waals surface area contributed by atoms with E-state index in [9.17, 15) is 13.2 Å². The molecule has 12 heteroatoms. The summed E-state index contributed by atoms with van der Waals surface area (Å²) in [5, 5.41) is 14.5. The lowest BCUT2D eigenvalue weighted by Crippen LogP contribution is -2.47. The number of nitrogens with zero attached hydrogens (tertiary/aromatic N) is 7. The molecule has 3 rings (SSSR count). The number of hydrogen-bond donors (Lipinski definition) is 2. The number of aromatic nitrogens is 3. The van der Waals surface area contributed by atoms with Crippen LogP contribution in [0.5, 0.6) is 0 Å². The van der Waals surface area contributed by atoms with Crippen LogP contribution in [0.1, 0.15) is 22.4 Å². The molecule has 0 amide bonds. The van der Waals surface area contributed by atoms with Crippen LogP contribution in [0, 0.1) is 13.8 Å². The van der Waals surface area contributed by atoms with Gasteiger partial charge in [-0.3, -0.25) is 5.01 Å². The molecule has 2 aromatic heterocycles. The third kappa shape index (κ3) is 5.18. The molecule has 3 heterocycles. The second kappa shape index (κ2) is 9.55. The Kier molecular flexibility index (Phi) is 7.02. The second-order valence-corrected chi connectivity index (χ2v) is 7.64. The fourth-order valence-electron chi connectivity index (χ4n) is 3.52. The summed E-state index contributed by atoms with van der Waals surface area (Å²) in [5.74, 6) is 7.81. The first-order chi connectivity index (χ1) is 15.1. The summed E-state index contributed by atoms with van der Waals surface area (Å²) >= 11 is 0. The Bertz CT molecular complexity index is 950. The molecule has 3 N–H and O–H groups in total. The molecule has 1 aliphatic rings. The summed E-state index contributed by atoms with van der Waals surface area (Å²) in [6.45, 7) is 6.57. The van der Waals surface area contributed by atoms with Crippen molar-refractivity contribution in [1.82, 2.24) is 25.6 Å². The van der Waals surface area contributed by atoms with Gasteiger partial charge >= 0.3 is 6.18 Å². The highest BCUT2D eigenvalue weighted by Gasteiger charge is 2.31. The predicted octanol–water partition coefficient (Wildman–Crippen LogP) is 1.71. The Morgan fingerprint density at radius 3 is 2.31 bits per heavy atom. The zero-order chi connectivity index (χ0) is 23.5. The quantitative estimate of drug-likeness (QED) is 0.307. The summed E-state index contributed by atoms with van der Waals surface area (Å²) in [4.78, 5) is 8.10. The molecule has 0 saturated carbocycles. The highest BCUT2D eigenvalue weighted by molar-refractivity contribution is 5.83. The number of hydrazone groups is 1. The molecule has 174 valence electrons. The van der Waals surface area contributed by atoms with Crippen LogP contribution in [-0.2, 0) is 12.6 Å². The lowest BCUT2D eigenvalue weighted by atomic mass is 10.1. The maximum atomic E-state index is 12.8. The van der Waals surface area contributed by atoms with E-state index in [1.165, 1.54) is 11.1 Å². The summed E-state index contributed by atoms with van der Waals surface area (Å²) < 4.78 is 38.3. The maximum absolute atomic E-state index is 12.8.